The SMILES string of the molecule is COc1cccc(-c2nnc(C(N)c3ccccc3)o2)c1. The zero-order chi connectivity index (χ0) is 14.7. The van der Waals surface area contributed by atoms with Gasteiger partial charge in [-0.1, -0.05) is 36.4 Å². The number of aromatic nitrogens is 2. The number of hydrogen-bond donors (Lipinski definition) is 1. The average Bonchev–Trinajstić information content (AvgIpc) is 3.05. The number of benzene rings is 2. The molecule has 106 valence electrons. The van der Waals surface area contributed by atoms with Crippen LogP contribution in [0.5, 0.6) is 5.75 Å². The topological polar surface area (TPSA) is 74.2 Å². The van der Waals surface area contributed by atoms with E-state index in [1.165, 1.54) is 0 Å². The monoisotopic (exact) mass is 281 g/mol. The van der Waals surface area contributed by atoms with Crippen molar-refractivity contribution in [2.45, 2.75) is 6.04 Å². The molecule has 21 heavy (non-hydrogen) atoms. The van der Waals surface area contributed by atoms with Gasteiger partial charge in [-0.05, 0) is 23.8 Å². The van der Waals surface area contributed by atoms with Gasteiger partial charge in [-0.2, -0.15) is 0 Å². The Morgan fingerprint density at radius 2 is 1.86 bits per heavy atom. The van der Waals surface area contributed by atoms with Crippen LogP contribution in [0, 0.1) is 0 Å². The highest BCUT2D eigenvalue weighted by atomic mass is 16.5. The summed E-state index contributed by atoms with van der Waals surface area (Å²) in [7, 11) is 1.61. The highest BCUT2D eigenvalue weighted by molar-refractivity contribution is 5.55. The molecule has 1 aromatic heterocycles. The molecule has 0 spiro atoms. The summed E-state index contributed by atoms with van der Waals surface area (Å²) >= 11 is 0. The number of hydrogen-bond acceptors (Lipinski definition) is 5. The zero-order valence-electron chi connectivity index (χ0n) is 11.6. The summed E-state index contributed by atoms with van der Waals surface area (Å²) in [6.07, 6.45) is 0. The summed E-state index contributed by atoms with van der Waals surface area (Å²) < 4.78 is 10.9. The maximum atomic E-state index is 6.14. The van der Waals surface area contributed by atoms with Crippen LogP contribution in [0.1, 0.15) is 17.5 Å². The first-order chi connectivity index (χ1) is 10.3. The first-order valence-electron chi connectivity index (χ1n) is 6.56. The van der Waals surface area contributed by atoms with Crippen molar-refractivity contribution in [3.63, 3.8) is 0 Å². The Balaban J connectivity index is 1.89. The second-order valence-electron chi connectivity index (χ2n) is 4.57. The molecule has 5 heteroatoms. The Kier molecular flexibility index (Phi) is 3.66. The van der Waals surface area contributed by atoms with Crippen molar-refractivity contribution >= 4 is 0 Å². The average molecular weight is 281 g/mol. The lowest BCUT2D eigenvalue weighted by Crippen LogP contribution is -2.11. The van der Waals surface area contributed by atoms with Crippen LogP contribution in [0.25, 0.3) is 11.5 Å². The van der Waals surface area contributed by atoms with Gasteiger partial charge in [-0.25, -0.2) is 0 Å². The largest absolute Gasteiger partial charge is 0.497 e. The predicted molar refractivity (Wildman–Crippen MR) is 78.8 cm³/mol. The smallest absolute Gasteiger partial charge is 0.247 e. The highest BCUT2D eigenvalue weighted by Gasteiger charge is 2.17. The van der Waals surface area contributed by atoms with Crippen molar-refractivity contribution in [2.24, 2.45) is 5.73 Å². The minimum Gasteiger partial charge on any atom is -0.497 e. The molecule has 0 fully saturated rings. The molecule has 0 aliphatic rings. The van der Waals surface area contributed by atoms with Crippen molar-refractivity contribution in [3.8, 4) is 17.2 Å². The summed E-state index contributed by atoms with van der Waals surface area (Å²) in [5.74, 6) is 1.55. The van der Waals surface area contributed by atoms with Gasteiger partial charge < -0.3 is 14.9 Å². The van der Waals surface area contributed by atoms with Gasteiger partial charge in [0.1, 0.15) is 11.8 Å². The maximum Gasteiger partial charge on any atom is 0.247 e. The second-order valence-corrected chi connectivity index (χ2v) is 4.57. The van der Waals surface area contributed by atoms with Gasteiger partial charge in [-0.3, -0.25) is 0 Å². The molecule has 0 aliphatic carbocycles. The molecule has 2 N–H and O–H groups in total. The minimum absolute atomic E-state index is 0.388. The van der Waals surface area contributed by atoms with E-state index in [2.05, 4.69) is 10.2 Å². The second kappa shape index (κ2) is 5.76. The predicted octanol–water partition coefficient (Wildman–Crippen LogP) is 2.79. The Morgan fingerprint density at radius 1 is 1.05 bits per heavy atom. The minimum atomic E-state index is -0.432. The summed E-state index contributed by atoms with van der Waals surface area (Å²) in [6, 6.07) is 16.7. The van der Waals surface area contributed by atoms with Crippen LogP contribution in [0.3, 0.4) is 0 Å². The number of nitrogens with two attached hydrogens (primary N) is 1. The molecule has 1 atom stereocenters. The molecule has 5 nitrogen and oxygen atoms in total. The highest BCUT2D eigenvalue weighted by Crippen LogP contribution is 2.25. The molecule has 0 bridgehead atoms. The quantitative estimate of drug-likeness (QED) is 0.796. The molecule has 0 saturated carbocycles. The summed E-state index contributed by atoms with van der Waals surface area (Å²) in [5, 5.41) is 8.10. The number of methoxy groups -OCH3 is 1. The van der Waals surface area contributed by atoms with Crippen molar-refractivity contribution in [3.05, 3.63) is 66.1 Å². The van der Waals surface area contributed by atoms with Gasteiger partial charge >= 0.3 is 0 Å². The van der Waals surface area contributed by atoms with E-state index < -0.39 is 6.04 Å². The normalized spacial score (nSPS) is 12.1. The van der Waals surface area contributed by atoms with E-state index in [9.17, 15) is 0 Å². The van der Waals surface area contributed by atoms with E-state index in [1.807, 2.05) is 54.6 Å². The number of rotatable bonds is 4. The number of ether oxygens (including phenoxy) is 1. The third-order valence-corrected chi connectivity index (χ3v) is 3.18. The first kappa shape index (κ1) is 13.3. The van der Waals surface area contributed by atoms with Gasteiger partial charge in [0.25, 0.3) is 0 Å². The van der Waals surface area contributed by atoms with E-state index in [-0.39, 0.29) is 0 Å². The van der Waals surface area contributed by atoms with Gasteiger partial charge in [0, 0.05) is 5.56 Å². The van der Waals surface area contributed by atoms with E-state index in [4.69, 9.17) is 14.9 Å². The summed E-state index contributed by atoms with van der Waals surface area (Å²) in [4.78, 5) is 0. The summed E-state index contributed by atoms with van der Waals surface area (Å²) in [5.41, 5.74) is 7.87. The van der Waals surface area contributed by atoms with Gasteiger partial charge in [0.2, 0.25) is 11.8 Å². The fraction of sp³-hybridized carbons (Fsp3) is 0.125. The van der Waals surface area contributed by atoms with E-state index in [1.54, 1.807) is 7.11 Å². The van der Waals surface area contributed by atoms with Crippen molar-refractivity contribution in [1.82, 2.24) is 10.2 Å². The molecule has 1 heterocycles. The van der Waals surface area contributed by atoms with Crippen molar-refractivity contribution in [2.75, 3.05) is 7.11 Å². The molecule has 3 rings (SSSR count). The Morgan fingerprint density at radius 3 is 2.62 bits per heavy atom. The van der Waals surface area contributed by atoms with Crippen molar-refractivity contribution in [1.29, 1.82) is 0 Å². The van der Waals surface area contributed by atoms with Crippen LogP contribution in [0.4, 0.5) is 0 Å². The molecule has 1 unspecified atom stereocenters. The lowest BCUT2D eigenvalue weighted by molar-refractivity contribution is 0.414. The number of nitrogens with zero attached hydrogens (tertiary/aromatic N) is 2. The zero-order valence-corrected chi connectivity index (χ0v) is 11.6. The van der Waals surface area contributed by atoms with E-state index >= 15 is 0 Å². The molecule has 0 aliphatic heterocycles. The van der Waals surface area contributed by atoms with Crippen LogP contribution in [-0.4, -0.2) is 17.3 Å². The summed E-state index contributed by atoms with van der Waals surface area (Å²) in [6.45, 7) is 0. The van der Waals surface area contributed by atoms with Crippen LogP contribution < -0.4 is 10.5 Å². The fourth-order valence-electron chi connectivity index (χ4n) is 2.04. The van der Waals surface area contributed by atoms with E-state index in [0.29, 0.717) is 11.8 Å². The third kappa shape index (κ3) is 2.78. The molecule has 0 amide bonds. The maximum absolute atomic E-state index is 6.14. The lowest BCUT2D eigenvalue weighted by atomic mass is 10.1. The van der Waals surface area contributed by atoms with Crippen molar-refractivity contribution < 1.29 is 9.15 Å². The standard InChI is InChI=1S/C16H15N3O2/c1-20-13-9-5-8-12(10-13)15-18-19-16(21-15)14(17)11-6-3-2-4-7-11/h2-10,14H,17H2,1H3. The van der Waals surface area contributed by atoms with Crippen LogP contribution in [0.15, 0.2) is 59.0 Å². The lowest BCUT2D eigenvalue weighted by Gasteiger charge is -2.06. The molecule has 0 saturated heterocycles. The third-order valence-electron chi connectivity index (χ3n) is 3.18. The Hall–Kier alpha value is -2.66. The first-order valence-corrected chi connectivity index (χ1v) is 6.56. The van der Waals surface area contributed by atoms with Crippen LogP contribution in [-0.2, 0) is 0 Å². The van der Waals surface area contributed by atoms with Crippen LogP contribution in [0.2, 0.25) is 0 Å². The fourth-order valence-corrected chi connectivity index (χ4v) is 2.04. The molecule has 2 aromatic carbocycles. The molecular formula is C16H15N3O2. The van der Waals surface area contributed by atoms with Gasteiger partial charge in [0.15, 0.2) is 0 Å². The Bertz CT molecular complexity index is 725. The molecular weight excluding hydrogens is 266 g/mol. The molecule has 0 radical (unpaired) electrons. The van der Waals surface area contributed by atoms with Gasteiger partial charge in [0.05, 0.1) is 7.11 Å². The van der Waals surface area contributed by atoms with E-state index in [0.717, 1.165) is 16.9 Å². The Labute approximate surface area is 122 Å². The molecule has 3 aromatic rings. The van der Waals surface area contributed by atoms with Gasteiger partial charge in [-0.15, -0.1) is 10.2 Å². The van der Waals surface area contributed by atoms with Crippen LogP contribution >= 0.6 is 0 Å².